The van der Waals surface area contributed by atoms with Gasteiger partial charge in [-0.2, -0.15) is 0 Å². The molecule has 2 rings (SSSR count). The molecule has 7 nitrogen and oxygen atoms in total. The van der Waals surface area contributed by atoms with Crippen molar-refractivity contribution in [1.29, 1.82) is 0 Å². The van der Waals surface area contributed by atoms with Crippen molar-refractivity contribution in [3.05, 3.63) is 53.0 Å². The Bertz CT molecular complexity index is 840. The number of carbonyl (C=O) groups excluding carboxylic acids is 1. The molecule has 9 heteroatoms. The molecule has 0 saturated heterocycles. The van der Waals surface area contributed by atoms with Gasteiger partial charge in [-0.1, -0.05) is 28.1 Å². The van der Waals surface area contributed by atoms with E-state index < -0.39 is 10.0 Å². The number of hydrogen-bond donors (Lipinski definition) is 2. The lowest BCUT2D eigenvalue weighted by atomic mass is 10.3. The van der Waals surface area contributed by atoms with Crippen molar-refractivity contribution in [2.75, 3.05) is 26.8 Å². The van der Waals surface area contributed by atoms with E-state index in [0.717, 1.165) is 4.47 Å². The van der Waals surface area contributed by atoms with Gasteiger partial charge in [-0.3, -0.25) is 4.79 Å². The first-order valence-corrected chi connectivity index (χ1v) is 9.98. The van der Waals surface area contributed by atoms with Gasteiger partial charge < -0.3 is 14.8 Å². The molecule has 0 atom stereocenters. The zero-order valence-electron chi connectivity index (χ0n) is 14.1. The van der Waals surface area contributed by atoms with Gasteiger partial charge >= 0.3 is 0 Å². The molecule has 0 aromatic heterocycles. The highest BCUT2D eigenvalue weighted by atomic mass is 79.9. The van der Waals surface area contributed by atoms with Gasteiger partial charge in [-0.05, 0) is 36.4 Å². The van der Waals surface area contributed by atoms with E-state index in [1.807, 2.05) is 0 Å². The molecule has 140 valence electrons. The number of ether oxygens (including phenoxy) is 2. The SMILES string of the molecule is COc1ccccc1OCC(=O)NCCNS(=O)(=O)c1ccc(Br)cc1. The molecular weight excluding hydrogens is 424 g/mol. The topological polar surface area (TPSA) is 93.7 Å². The number of rotatable bonds is 9. The van der Waals surface area contributed by atoms with E-state index in [-0.39, 0.29) is 30.5 Å². The Morgan fingerprint density at radius 1 is 1.04 bits per heavy atom. The van der Waals surface area contributed by atoms with Crippen molar-refractivity contribution in [1.82, 2.24) is 10.0 Å². The van der Waals surface area contributed by atoms with Crippen molar-refractivity contribution in [2.24, 2.45) is 0 Å². The molecule has 0 bridgehead atoms. The molecule has 0 unspecified atom stereocenters. The molecule has 0 aliphatic heterocycles. The van der Waals surface area contributed by atoms with Crippen molar-refractivity contribution in [2.45, 2.75) is 4.90 Å². The van der Waals surface area contributed by atoms with Gasteiger partial charge in [0.15, 0.2) is 18.1 Å². The van der Waals surface area contributed by atoms with Gasteiger partial charge in [0, 0.05) is 17.6 Å². The monoisotopic (exact) mass is 442 g/mol. The van der Waals surface area contributed by atoms with Crippen molar-refractivity contribution < 1.29 is 22.7 Å². The zero-order valence-corrected chi connectivity index (χ0v) is 16.5. The number of amides is 1. The number of para-hydroxylation sites is 2. The summed E-state index contributed by atoms with van der Waals surface area (Å²) in [7, 11) is -2.10. The third-order valence-electron chi connectivity index (χ3n) is 3.29. The molecular formula is C17H19BrN2O5S. The van der Waals surface area contributed by atoms with Gasteiger partial charge in [0.25, 0.3) is 5.91 Å². The van der Waals surface area contributed by atoms with Crippen LogP contribution in [-0.4, -0.2) is 41.1 Å². The number of hydrogen-bond acceptors (Lipinski definition) is 5. The fourth-order valence-corrected chi connectivity index (χ4v) is 3.31. The first-order chi connectivity index (χ1) is 12.4. The predicted octanol–water partition coefficient (Wildman–Crippen LogP) is 1.93. The quantitative estimate of drug-likeness (QED) is 0.578. The molecule has 26 heavy (non-hydrogen) atoms. The molecule has 0 radical (unpaired) electrons. The van der Waals surface area contributed by atoms with Crippen LogP contribution in [0.4, 0.5) is 0 Å². The third-order valence-corrected chi connectivity index (χ3v) is 5.30. The van der Waals surface area contributed by atoms with Crippen LogP contribution in [-0.2, 0) is 14.8 Å². The smallest absolute Gasteiger partial charge is 0.257 e. The molecule has 0 fully saturated rings. The minimum Gasteiger partial charge on any atom is -0.493 e. The number of benzene rings is 2. The average molecular weight is 443 g/mol. The van der Waals surface area contributed by atoms with Crippen LogP contribution in [0.15, 0.2) is 57.9 Å². The molecule has 2 aromatic carbocycles. The zero-order chi connectivity index (χ0) is 19.0. The number of halogens is 1. The molecule has 1 amide bonds. The van der Waals surface area contributed by atoms with Gasteiger partial charge in [0.1, 0.15) is 0 Å². The largest absolute Gasteiger partial charge is 0.493 e. The van der Waals surface area contributed by atoms with E-state index in [2.05, 4.69) is 26.0 Å². The Hall–Kier alpha value is -2.10. The Balaban J connectivity index is 1.74. The summed E-state index contributed by atoms with van der Waals surface area (Å²) in [6.07, 6.45) is 0. The molecule has 2 N–H and O–H groups in total. The summed E-state index contributed by atoms with van der Waals surface area (Å²) in [5.41, 5.74) is 0. The summed E-state index contributed by atoms with van der Waals surface area (Å²) < 4.78 is 37.9. The summed E-state index contributed by atoms with van der Waals surface area (Å²) >= 11 is 3.25. The molecule has 2 aromatic rings. The fraction of sp³-hybridized carbons (Fsp3) is 0.235. The first-order valence-electron chi connectivity index (χ1n) is 7.70. The van der Waals surface area contributed by atoms with Crippen LogP contribution in [0.3, 0.4) is 0 Å². The lowest BCUT2D eigenvalue weighted by Crippen LogP contribution is -2.36. The van der Waals surface area contributed by atoms with Crippen LogP contribution in [0.2, 0.25) is 0 Å². The van der Waals surface area contributed by atoms with Crippen LogP contribution >= 0.6 is 15.9 Å². The van der Waals surface area contributed by atoms with Gasteiger partial charge in [0.05, 0.1) is 12.0 Å². The molecule has 0 aliphatic rings. The van der Waals surface area contributed by atoms with E-state index in [0.29, 0.717) is 11.5 Å². The Labute approximate surface area is 160 Å². The molecule has 0 heterocycles. The highest BCUT2D eigenvalue weighted by Crippen LogP contribution is 2.25. The lowest BCUT2D eigenvalue weighted by molar-refractivity contribution is -0.123. The third kappa shape index (κ3) is 6.01. The highest BCUT2D eigenvalue weighted by Gasteiger charge is 2.13. The van der Waals surface area contributed by atoms with E-state index in [9.17, 15) is 13.2 Å². The maximum Gasteiger partial charge on any atom is 0.257 e. The van der Waals surface area contributed by atoms with Crippen LogP contribution in [0.5, 0.6) is 11.5 Å². The number of sulfonamides is 1. The van der Waals surface area contributed by atoms with Crippen LogP contribution in [0, 0.1) is 0 Å². The Kier molecular flexibility index (Phi) is 7.43. The minimum absolute atomic E-state index is 0.0682. The van der Waals surface area contributed by atoms with E-state index in [4.69, 9.17) is 9.47 Å². The summed E-state index contributed by atoms with van der Waals surface area (Å²) in [4.78, 5) is 11.9. The van der Waals surface area contributed by atoms with Gasteiger partial charge in [0.2, 0.25) is 10.0 Å². The first kappa shape index (κ1) is 20.2. The molecule has 0 saturated carbocycles. The second kappa shape index (κ2) is 9.56. The second-order valence-corrected chi connectivity index (χ2v) is 7.82. The maximum absolute atomic E-state index is 12.1. The maximum atomic E-state index is 12.1. The second-order valence-electron chi connectivity index (χ2n) is 5.14. The molecule has 0 spiro atoms. The number of nitrogens with one attached hydrogen (secondary N) is 2. The van der Waals surface area contributed by atoms with E-state index in [1.54, 1.807) is 36.4 Å². The van der Waals surface area contributed by atoms with Crippen LogP contribution < -0.4 is 19.5 Å². The minimum atomic E-state index is -3.61. The normalized spacial score (nSPS) is 11.0. The van der Waals surface area contributed by atoms with Crippen molar-refractivity contribution in [3.8, 4) is 11.5 Å². The Morgan fingerprint density at radius 3 is 2.35 bits per heavy atom. The van der Waals surface area contributed by atoms with Crippen molar-refractivity contribution >= 4 is 31.9 Å². The van der Waals surface area contributed by atoms with E-state index >= 15 is 0 Å². The summed E-state index contributed by atoms with van der Waals surface area (Å²) in [6.45, 7) is 0.0164. The van der Waals surface area contributed by atoms with Crippen LogP contribution in [0.25, 0.3) is 0 Å². The summed E-state index contributed by atoms with van der Waals surface area (Å²) in [5, 5.41) is 2.58. The van der Waals surface area contributed by atoms with Crippen LogP contribution in [0.1, 0.15) is 0 Å². The predicted molar refractivity (Wildman–Crippen MR) is 101 cm³/mol. The lowest BCUT2D eigenvalue weighted by Gasteiger charge is -2.11. The number of methoxy groups -OCH3 is 1. The van der Waals surface area contributed by atoms with Gasteiger partial charge in [-0.25, -0.2) is 13.1 Å². The van der Waals surface area contributed by atoms with Crippen molar-refractivity contribution in [3.63, 3.8) is 0 Å². The highest BCUT2D eigenvalue weighted by molar-refractivity contribution is 9.10. The summed E-state index contributed by atoms with van der Waals surface area (Å²) in [6, 6.07) is 13.3. The Morgan fingerprint density at radius 2 is 1.69 bits per heavy atom. The average Bonchev–Trinajstić information content (AvgIpc) is 2.64. The fourth-order valence-electron chi connectivity index (χ4n) is 2.02. The standard InChI is InChI=1S/C17H19BrN2O5S/c1-24-15-4-2-3-5-16(15)25-12-17(21)19-10-11-20-26(22,23)14-8-6-13(18)7-9-14/h2-9,20H,10-12H2,1H3,(H,19,21). The number of carbonyl (C=O) groups is 1. The van der Waals surface area contributed by atoms with E-state index in [1.165, 1.54) is 19.2 Å². The van der Waals surface area contributed by atoms with Gasteiger partial charge in [-0.15, -0.1) is 0 Å². The summed E-state index contributed by atoms with van der Waals surface area (Å²) in [5.74, 6) is 0.627. The molecule has 0 aliphatic carbocycles.